The largest absolute Gasteiger partial charge is 0.486 e. The second kappa shape index (κ2) is 12.5. The van der Waals surface area contributed by atoms with Gasteiger partial charge in [-0.2, -0.15) is 0 Å². The molecule has 226 valence electrons. The number of aromatic nitrogens is 1. The predicted octanol–water partition coefficient (Wildman–Crippen LogP) is 3.14. The number of ether oxygens (including phenoxy) is 1. The predicted molar refractivity (Wildman–Crippen MR) is 154 cm³/mol. The van der Waals surface area contributed by atoms with Gasteiger partial charge in [0.15, 0.2) is 16.4 Å². The molecule has 3 aromatic rings. The van der Waals surface area contributed by atoms with Crippen LogP contribution in [0.5, 0.6) is 5.75 Å². The van der Waals surface area contributed by atoms with Crippen LogP contribution in [-0.2, 0) is 16.6 Å². The summed E-state index contributed by atoms with van der Waals surface area (Å²) in [5.74, 6) is -1.38. The fourth-order valence-electron chi connectivity index (χ4n) is 5.03. The van der Waals surface area contributed by atoms with Gasteiger partial charge in [-0.3, -0.25) is 14.4 Å². The Hall–Kier alpha value is -3.94. The van der Waals surface area contributed by atoms with Crippen LogP contribution in [-0.4, -0.2) is 84.4 Å². The highest BCUT2D eigenvalue weighted by Crippen LogP contribution is 2.36. The molecule has 0 saturated heterocycles. The van der Waals surface area contributed by atoms with Crippen LogP contribution in [0.15, 0.2) is 51.9 Å². The maximum atomic E-state index is 13.7. The Morgan fingerprint density at radius 3 is 2.50 bits per heavy atom. The average molecular weight is 601 g/mol. The maximum Gasteiger partial charge on any atom is 0.335 e. The van der Waals surface area contributed by atoms with E-state index in [4.69, 9.17) is 9.26 Å². The molecule has 0 fully saturated rings. The molecule has 3 N–H and O–H groups in total. The molecule has 42 heavy (non-hydrogen) atoms. The van der Waals surface area contributed by atoms with Crippen molar-refractivity contribution in [1.29, 1.82) is 0 Å². The minimum Gasteiger partial charge on any atom is -0.486 e. The summed E-state index contributed by atoms with van der Waals surface area (Å²) in [4.78, 5) is 28.4. The second-order valence-electron chi connectivity index (χ2n) is 10.8. The van der Waals surface area contributed by atoms with Gasteiger partial charge in [-0.25, -0.2) is 13.2 Å². The van der Waals surface area contributed by atoms with Crippen molar-refractivity contribution in [1.82, 2.24) is 15.0 Å². The van der Waals surface area contributed by atoms with Crippen molar-refractivity contribution in [3.8, 4) is 5.75 Å². The first-order valence-electron chi connectivity index (χ1n) is 13.5. The van der Waals surface area contributed by atoms with Gasteiger partial charge in [0, 0.05) is 25.6 Å². The SMILES string of the molecule is Cc1noc(C)c1S(=O)(=O)Nc1cccc2c1O[C@@H](CN(C)Cc1ccc(C(=O)O)cc1)[C@@H](C)CN([C@H](C)CO)C2=O. The molecular formula is C29H36N4O8S. The number of hydrogen-bond donors (Lipinski definition) is 3. The lowest BCUT2D eigenvalue weighted by Crippen LogP contribution is -2.49. The molecule has 12 nitrogen and oxygen atoms in total. The van der Waals surface area contributed by atoms with Gasteiger partial charge in [-0.15, -0.1) is 0 Å². The van der Waals surface area contributed by atoms with Crippen LogP contribution in [0.4, 0.5) is 5.69 Å². The number of rotatable bonds is 10. The molecule has 0 unspecified atom stereocenters. The zero-order valence-electron chi connectivity index (χ0n) is 24.2. The molecule has 1 aliphatic heterocycles. The summed E-state index contributed by atoms with van der Waals surface area (Å²) < 4.78 is 40.9. The molecule has 2 aromatic carbocycles. The summed E-state index contributed by atoms with van der Waals surface area (Å²) >= 11 is 0. The standard InChI is InChI=1S/C29H36N4O8S/c1-17-13-33(18(2)16-34)28(35)23-7-6-8-24(31-42(38,39)27-19(3)30-41-20(27)4)26(23)40-25(17)15-32(5)14-21-9-11-22(12-10-21)29(36)37/h6-12,17-18,25,31,34H,13-16H2,1-5H3,(H,36,37)/t17-,18+,25-/m0/s1. The molecule has 0 bridgehead atoms. The number of sulfonamides is 1. The second-order valence-corrected chi connectivity index (χ2v) is 12.4. The summed E-state index contributed by atoms with van der Waals surface area (Å²) in [5, 5.41) is 22.8. The smallest absolute Gasteiger partial charge is 0.335 e. The van der Waals surface area contributed by atoms with Crippen LogP contribution in [0.1, 0.15) is 51.6 Å². The number of fused-ring (bicyclic) bond motifs is 1. The summed E-state index contributed by atoms with van der Waals surface area (Å²) in [5.41, 5.74) is 1.55. The van der Waals surface area contributed by atoms with E-state index >= 15 is 0 Å². The number of carboxylic acids is 1. The van der Waals surface area contributed by atoms with E-state index in [2.05, 4.69) is 9.88 Å². The van der Waals surface area contributed by atoms with E-state index in [0.29, 0.717) is 19.6 Å². The van der Waals surface area contributed by atoms with E-state index in [9.17, 15) is 28.2 Å². The number of para-hydroxylation sites is 1. The van der Waals surface area contributed by atoms with Gasteiger partial charge < -0.3 is 24.4 Å². The molecule has 4 rings (SSSR count). The third-order valence-corrected chi connectivity index (χ3v) is 8.93. The van der Waals surface area contributed by atoms with E-state index in [0.717, 1.165) is 5.56 Å². The molecule has 0 aliphatic carbocycles. The van der Waals surface area contributed by atoms with Gasteiger partial charge in [0.05, 0.1) is 29.5 Å². The number of amides is 1. The van der Waals surface area contributed by atoms with E-state index in [1.165, 1.54) is 19.9 Å². The van der Waals surface area contributed by atoms with E-state index in [-0.39, 0.29) is 57.3 Å². The number of aliphatic hydroxyl groups excluding tert-OH is 1. The highest BCUT2D eigenvalue weighted by atomic mass is 32.2. The number of anilines is 1. The molecule has 1 aromatic heterocycles. The molecule has 0 spiro atoms. The number of carbonyl (C=O) groups is 2. The lowest BCUT2D eigenvalue weighted by Gasteiger charge is -2.38. The lowest BCUT2D eigenvalue weighted by molar-refractivity contribution is 0.0343. The number of nitrogens with one attached hydrogen (secondary N) is 1. The maximum absolute atomic E-state index is 13.7. The Labute approximate surface area is 244 Å². The van der Waals surface area contributed by atoms with E-state index in [1.54, 1.807) is 48.2 Å². The third kappa shape index (κ3) is 6.58. The van der Waals surface area contributed by atoms with E-state index < -0.39 is 28.1 Å². The first kappa shape index (κ1) is 31.0. The van der Waals surface area contributed by atoms with Crippen LogP contribution in [0, 0.1) is 19.8 Å². The summed E-state index contributed by atoms with van der Waals surface area (Å²) in [6, 6.07) is 10.8. The number of aliphatic hydroxyl groups is 1. The van der Waals surface area contributed by atoms with Crippen LogP contribution in [0.3, 0.4) is 0 Å². The Balaban J connectivity index is 1.69. The van der Waals surface area contributed by atoms with E-state index in [1.807, 2.05) is 18.9 Å². The van der Waals surface area contributed by atoms with Crippen molar-refractivity contribution in [2.45, 2.75) is 51.3 Å². The molecule has 1 amide bonds. The van der Waals surface area contributed by atoms with Gasteiger partial charge in [0.2, 0.25) is 0 Å². The normalized spacial score (nSPS) is 18.2. The first-order valence-corrected chi connectivity index (χ1v) is 15.0. The van der Waals surface area contributed by atoms with Crippen molar-refractivity contribution in [3.63, 3.8) is 0 Å². The van der Waals surface area contributed by atoms with Crippen molar-refractivity contribution in [2.24, 2.45) is 5.92 Å². The van der Waals surface area contributed by atoms with Gasteiger partial charge >= 0.3 is 5.97 Å². The third-order valence-electron chi connectivity index (χ3n) is 7.32. The monoisotopic (exact) mass is 600 g/mol. The zero-order chi connectivity index (χ0) is 30.8. The van der Waals surface area contributed by atoms with Gasteiger partial charge in [-0.05, 0) is 57.6 Å². The Kier molecular flexibility index (Phi) is 9.24. The lowest BCUT2D eigenvalue weighted by atomic mass is 9.99. The van der Waals surface area contributed by atoms with Crippen molar-refractivity contribution < 1.29 is 37.5 Å². The van der Waals surface area contributed by atoms with Crippen molar-refractivity contribution in [3.05, 3.63) is 70.6 Å². The fourth-order valence-corrected chi connectivity index (χ4v) is 6.43. The fraction of sp³-hybridized carbons (Fsp3) is 0.414. The minimum atomic E-state index is -4.15. The number of benzene rings is 2. The number of aryl methyl sites for hydroxylation is 2. The highest BCUT2D eigenvalue weighted by Gasteiger charge is 2.35. The quantitative estimate of drug-likeness (QED) is 0.315. The summed E-state index contributed by atoms with van der Waals surface area (Å²) in [6.45, 7) is 7.67. The number of likely N-dealkylation sites (N-methyl/N-ethyl adjacent to an activating group) is 1. The number of aromatic carboxylic acids is 1. The Morgan fingerprint density at radius 2 is 1.90 bits per heavy atom. The molecule has 1 aliphatic rings. The zero-order valence-corrected chi connectivity index (χ0v) is 25.0. The summed E-state index contributed by atoms with van der Waals surface area (Å²) in [6.07, 6.45) is -0.488. The van der Waals surface area contributed by atoms with Gasteiger partial charge in [0.25, 0.3) is 15.9 Å². The molecule has 2 heterocycles. The van der Waals surface area contributed by atoms with Crippen LogP contribution >= 0.6 is 0 Å². The topological polar surface area (TPSA) is 163 Å². The summed E-state index contributed by atoms with van der Waals surface area (Å²) in [7, 11) is -2.25. The molecule has 0 saturated carbocycles. The van der Waals surface area contributed by atoms with Crippen LogP contribution in [0.2, 0.25) is 0 Å². The van der Waals surface area contributed by atoms with Gasteiger partial charge in [0.1, 0.15) is 11.8 Å². The molecule has 0 radical (unpaired) electrons. The highest BCUT2D eigenvalue weighted by molar-refractivity contribution is 7.92. The van der Waals surface area contributed by atoms with Crippen LogP contribution < -0.4 is 9.46 Å². The Morgan fingerprint density at radius 1 is 1.21 bits per heavy atom. The van der Waals surface area contributed by atoms with Gasteiger partial charge in [-0.1, -0.05) is 30.3 Å². The average Bonchev–Trinajstić information content (AvgIpc) is 3.29. The molecular weight excluding hydrogens is 564 g/mol. The Bertz CT molecular complexity index is 1530. The van der Waals surface area contributed by atoms with Crippen molar-refractivity contribution in [2.75, 3.05) is 31.5 Å². The van der Waals surface area contributed by atoms with Crippen molar-refractivity contribution >= 4 is 27.6 Å². The number of carbonyl (C=O) groups excluding carboxylic acids is 1. The number of hydrogen-bond acceptors (Lipinski definition) is 9. The molecule has 13 heteroatoms. The minimum absolute atomic E-state index is 0.0865. The van der Waals surface area contributed by atoms with Crippen LogP contribution in [0.25, 0.3) is 0 Å². The molecule has 3 atom stereocenters. The first-order chi connectivity index (χ1) is 19.8. The number of carboxylic acid groups (broad SMARTS) is 1. The number of nitrogens with zero attached hydrogens (tertiary/aromatic N) is 3.